The van der Waals surface area contributed by atoms with Crippen LogP contribution in [0.25, 0.3) is 0 Å². The van der Waals surface area contributed by atoms with Crippen LogP contribution in [0.2, 0.25) is 0 Å². The van der Waals surface area contributed by atoms with Crippen LogP contribution < -0.4 is 0 Å². The molecule has 0 radical (unpaired) electrons. The molecule has 0 saturated carbocycles. The molecule has 66 valence electrons. The molecule has 0 amide bonds. The molecule has 0 aromatic heterocycles. The number of halogens is 1. The summed E-state index contributed by atoms with van der Waals surface area (Å²) in [6.45, 7) is 7.13. The Hall–Kier alpha value is -0.110. The second-order valence-electron chi connectivity index (χ2n) is 4.65. The highest BCUT2D eigenvalue weighted by Crippen LogP contribution is 2.32. The fraction of sp³-hybridized carbons (Fsp3) is 1.00. The minimum Gasteiger partial charge on any atom is -0.300 e. The number of likely N-dealkylation sites (tertiary alicyclic amines) is 1. The van der Waals surface area contributed by atoms with E-state index in [0.717, 1.165) is 0 Å². The molecule has 0 aromatic rings. The van der Waals surface area contributed by atoms with Gasteiger partial charge in [-0.15, -0.1) is 0 Å². The van der Waals surface area contributed by atoms with Crippen LogP contribution in [0.3, 0.4) is 0 Å². The van der Waals surface area contributed by atoms with E-state index < -0.39 is 6.17 Å². The summed E-state index contributed by atoms with van der Waals surface area (Å²) >= 11 is 0. The SMILES string of the molecule is CN1C[C@@H](F)CC1C(C)(C)C. The lowest BCUT2D eigenvalue weighted by atomic mass is 9.85. The van der Waals surface area contributed by atoms with Gasteiger partial charge in [-0.05, 0) is 18.9 Å². The Labute approximate surface area is 68.6 Å². The average molecular weight is 159 g/mol. The highest BCUT2D eigenvalue weighted by atomic mass is 19.1. The fourth-order valence-electron chi connectivity index (χ4n) is 1.95. The van der Waals surface area contributed by atoms with E-state index >= 15 is 0 Å². The van der Waals surface area contributed by atoms with E-state index in [1.54, 1.807) is 0 Å². The smallest absolute Gasteiger partial charge is 0.114 e. The van der Waals surface area contributed by atoms with Crippen LogP contribution >= 0.6 is 0 Å². The zero-order valence-corrected chi connectivity index (χ0v) is 7.89. The Morgan fingerprint density at radius 1 is 1.36 bits per heavy atom. The van der Waals surface area contributed by atoms with Crippen molar-refractivity contribution in [2.75, 3.05) is 13.6 Å². The summed E-state index contributed by atoms with van der Waals surface area (Å²) in [6.07, 6.45) is 0.101. The minimum atomic E-state index is -0.607. The number of rotatable bonds is 0. The van der Waals surface area contributed by atoms with Gasteiger partial charge in [-0.1, -0.05) is 20.8 Å². The summed E-state index contributed by atoms with van der Waals surface area (Å²) < 4.78 is 12.9. The first kappa shape index (κ1) is 8.98. The van der Waals surface area contributed by atoms with Gasteiger partial charge >= 0.3 is 0 Å². The first-order valence-electron chi connectivity index (χ1n) is 4.25. The van der Waals surface area contributed by atoms with Crippen molar-refractivity contribution in [2.45, 2.75) is 39.4 Å². The van der Waals surface area contributed by atoms with Crippen molar-refractivity contribution >= 4 is 0 Å². The van der Waals surface area contributed by atoms with Crippen molar-refractivity contribution in [3.63, 3.8) is 0 Å². The van der Waals surface area contributed by atoms with Gasteiger partial charge in [-0.3, -0.25) is 4.90 Å². The average Bonchev–Trinajstić information content (AvgIpc) is 2.08. The maximum Gasteiger partial charge on any atom is 0.114 e. The van der Waals surface area contributed by atoms with E-state index in [4.69, 9.17) is 0 Å². The van der Waals surface area contributed by atoms with Crippen molar-refractivity contribution in [1.82, 2.24) is 4.90 Å². The predicted octanol–water partition coefficient (Wildman–Crippen LogP) is 2.07. The normalized spacial score (nSPS) is 34.6. The third kappa shape index (κ3) is 1.92. The second kappa shape index (κ2) is 2.74. The van der Waals surface area contributed by atoms with E-state index in [-0.39, 0.29) is 5.41 Å². The second-order valence-corrected chi connectivity index (χ2v) is 4.65. The van der Waals surface area contributed by atoms with Crippen molar-refractivity contribution in [3.8, 4) is 0 Å². The van der Waals surface area contributed by atoms with Gasteiger partial charge in [0.05, 0.1) is 0 Å². The van der Waals surface area contributed by atoms with Gasteiger partial charge in [-0.2, -0.15) is 0 Å². The largest absolute Gasteiger partial charge is 0.300 e. The summed E-state index contributed by atoms with van der Waals surface area (Å²) in [6, 6.07) is 0.414. The van der Waals surface area contributed by atoms with Gasteiger partial charge in [0, 0.05) is 12.6 Å². The molecule has 1 fully saturated rings. The Bertz CT molecular complexity index is 139. The summed E-state index contributed by atoms with van der Waals surface area (Å²) in [5.41, 5.74) is 0.218. The highest BCUT2D eigenvalue weighted by molar-refractivity contribution is 4.90. The molecule has 2 heteroatoms. The summed E-state index contributed by atoms with van der Waals surface area (Å²) in [4.78, 5) is 2.13. The maximum atomic E-state index is 12.9. The van der Waals surface area contributed by atoms with Crippen LogP contribution in [0.4, 0.5) is 4.39 Å². The quantitative estimate of drug-likeness (QED) is 0.523. The van der Waals surface area contributed by atoms with Crippen LogP contribution in [-0.2, 0) is 0 Å². The predicted molar refractivity (Wildman–Crippen MR) is 45.4 cm³/mol. The molecule has 11 heavy (non-hydrogen) atoms. The fourth-order valence-corrected chi connectivity index (χ4v) is 1.95. The van der Waals surface area contributed by atoms with Crippen molar-refractivity contribution < 1.29 is 4.39 Å². The van der Waals surface area contributed by atoms with Crippen LogP contribution in [-0.4, -0.2) is 30.7 Å². The molecule has 0 aromatic carbocycles. The van der Waals surface area contributed by atoms with E-state index in [0.29, 0.717) is 19.0 Å². The van der Waals surface area contributed by atoms with Crippen LogP contribution in [0, 0.1) is 5.41 Å². The molecule has 1 rings (SSSR count). The zero-order valence-electron chi connectivity index (χ0n) is 7.89. The molecule has 1 aliphatic rings. The lowest BCUT2D eigenvalue weighted by Crippen LogP contribution is -2.36. The lowest BCUT2D eigenvalue weighted by Gasteiger charge is -2.32. The Balaban J connectivity index is 2.60. The molecular formula is C9H18FN. The highest BCUT2D eigenvalue weighted by Gasteiger charge is 2.36. The molecular weight excluding hydrogens is 141 g/mol. The molecule has 1 unspecified atom stereocenters. The van der Waals surface area contributed by atoms with E-state index in [9.17, 15) is 4.39 Å². The molecule has 0 N–H and O–H groups in total. The van der Waals surface area contributed by atoms with Crippen LogP contribution in [0.5, 0.6) is 0 Å². The number of hydrogen-bond acceptors (Lipinski definition) is 1. The zero-order chi connectivity index (χ0) is 8.65. The molecule has 2 atom stereocenters. The Morgan fingerprint density at radius 2 is 1.91 bits per heavy atom. The van der Waals surface area contributed by atoms with Crippen molar-refractivity contribution in [2.24, 2.45) is 5.41 Å². The van der Waals surface area contributed by atoms with E-state index in [2.05, 4.69) is 25.7 Å². The van der Waals surface area contributed by atoms with E-state index in [1.165, 1.54) is 0 Å². The van der Waals surface area contributed by atoms with Crippen molar-refractivity contribution in [3.05, 3.63) is 0 Å². The van der Waals surface area contributed by atoms with Gasteiger partial charge in [0.25, 0.3) is 0 Å². The lowest BCUT2D eigenvalue weighted by molar-refractivity contribution is 0.169. The van der Waals surface area contributed by atoms with Crippen molar-refractivity contribution in [1.29, 1.82) is 0 Å². The maximum absolute atomic E-state index is 12.9. The molecule has 0 spiro atoms. The number of alkyl halides is 1. The van der Waals surface area contributed by atoms with Gasteiger partial charge in [-0.25, -0.2) is 4.39 Å². The van der Waals surface area contributed by atoms with Gasteiger partial charge in [0.15, 0.2) is 0 Å². The van der Waals surface area contributed by atoms with Crippen LogP contribution in [0.1, 0.15) is 27.2 Å². The topological polar surface area (TPSA) is 3.24 Å². The molecule has 1 aliphatic heterocycles. The van der Waals surface area contributed by atoms with Crippen LogP contribution in [0.15, 0.2) is 0 Å². The monoisotopic (exact) mass is 159 g/mol. The number of nitrogens with zero attached hydrogens (tertiary/aromatic N) is 1. The first-order valence-corrected chi connectivity index (χ1v) is 4.25. The molecule has 0 aliphatic carbocycles. The third-order valence-corrected chi connectivity index (χ3v) is 2.50. The third-order valence-electron chi connectivity index (χ3n) is 2.50. The first-order chi connectivity index (χ1) is 4.91. The van der Waals surface area contributed by atoms with Gasteiger partial charge in [0.2, 0.25) is 0 Å². The minimum absolute atomic E-state index is 0.218. The standard InChI is InChI=1S/C9H18FN/c1-9(2,3)8-5-7(10)6-11(8)4/h7-8H,5-6H2,1-4H3/t7-,8?/m0/s1. The summed E-state index contributed by atoms with van der Waals surface area (Å²) in [5.74, 6) is 0. The van der Waals surface area contributed by atoms with Gasteiger partial charge in [0.1, 0.15) is 6.17 Å². The molecule has 1 heterocycles. The van der Waals surface area contributed by atoms with Gasteiger partial charge < -0.3 is 0 Å². The molecule has 0 bridgehead atoms. The van der Waals surface area contributed by atoms with E-state index in [1.807, 2.05) is 7.05 Å². The Morgan fingerprint density at radius 3 is 2.09 bits per heavy atom. The summed E-state index contributed by atoms with van der Waals surface area (Å²) in [5, 5.41) is 0. The molecule has 1 saturated heterocycles. The molecule has 1 nitrogen and oxygen atoms in total. The Kier molecular flexibility index (Phi) is 2.24. The summed E-state index contributed by atoms with van der Waals surface area (Å²) in [7, 11) is 2.01. The number of hydrogen-bond donors (Lipinski definition) is 0.